The second kappa shape index (κ2) is 15.5. The van der Waals surface area contributed by atoms with Gasteiger partial charge in [0.05, 0.1) is 19.3 Å². The van der Waals surface area contributed by atoms with E-state index in [0.717, 1.165) is 28.2 Å². The molecule has 0 aromatic heterocycles. The van der Waals surface area contributed by atoms with Crippen LogP contribution >= 0.6 is 0 Å². The van der Waals surface area contributed by atoms with Crippen LogP contribution in [0.1, 0.15) is 109 Å². The van der Waals surface area contributed by atoms with E-state index in [-0.39, 0.29) is 41.8 Å². The third-order valence-electron chi connectivity index (χ3n) is 8.62. The number of hydrogen-bond acceptors (Lipinski definition) is 6. The van der Waals surface area contributed by atoms with Gasteiger partial charge in [-0.3, -0.25) is 9.59 Å². The van der Waals surface area contributed by atoms with Crippen LogP contribution in [0.15, 0.2) is 42.5 Å². The number of hydrogen-bond donors (Lipinski definition) is 0. The van der Waals surface area contributed by atoms with Gasteiger partial charge in [0.2, 0.25) is 0 Å². The maximum absolute atomic E-state index is 14.2. The zero-order chi connectivity index (χ0) is 30.0. The second-order valence-corrected chi connectivity index (χ2v) is 11.7. The molecule has 1 fully saturated rings. The quantitative estimate of drug-likeness (QED) is 0.206. The Labute approximate surface area is 247 Å². The first-order valence-corrected chi connectivity index (χ1v) is 15.3. The molecule has 0 amide bonds. The highest BCUT2D eigenvalue weighted by Crippen LogP contribution is 2.43. The van der Waals surface area contributed by atoms with Crippen molar-refractivity contribution in [2.24, 2.45) is 11.3 Å². The number of ether oxygens (including phenoxy) is 4. The molecule has 0 radical (unpaired) electrons. The van der Waals surface area contributed by atoms with Crippen molar-refractivity contribution < 1.29 is 28.5 Å². The minimum atomic E-state index is -0.653. The first-order valence-electron chi connectivity index (χ1n) is 15.3. The molecule has 0 bridgehead atoms. The molecule has 6 nitrogen and oxygen atoms in total. The second-order valence-electron chi connectivity index (χ2n) is 11.7. The van der Waals surface area contributed by atoms with Crippen molar-refractivity contribution in [3.8, 4) is 11.5 Å². The molecule has 0 aliphatic carbocycles. The molecule has 0 saturated carbocycles. The Morgan fingerprint density at radius 3 is 2.00 bits per heavy atom. The molecule has 0 N–H and O–H groups in total. The highest BCUT2D eigenvalue weighted by atomic mass is 16.5. The lowest BCUT2D eigenvalue weighted by molar-refractivity contribution is -0.140. The summed E-state index contributed by atoms with van der Waals surface area (Å²) in [5.41, 5.74) is 2.50. The molecule has 1 aliphatic rings. The minimum absolute atomic E-state index is 0.0769. The normalized spacial score (nSPS) is 17.1. The van der Waals surface area contributed by atoms with Crippen molar-refractivity contribution in [1.82, 2.24) is 0 Å². The summed E-state index contributed by atoms with van der Waals surface area (Å²) in [6.45, 7) is 16.5. The molecule has 1 heterocycles. The highest BCUT2D eigenvalue weighted by Gasteiger charge is 2.41. The fourth-order valence-corrected chi connectivity index (χ4v) is 6.00. The monoisotopic (exact) mass is 566 g/mol. The zero-order valence-corrected chi connectivity index (χ0v) is 26.2. The van der Waals surface area contributed by atoms with Crippen LogP contribution in [-0.4, -0.2) is 44.6 Å². The van der Waals surface area contributed by atoms with Crippen molar-refractivity contribution in [3.05, 3.63) is 59.2 Å². The van der Waals surface area contributed by atoms with E-state index in [4.69, 9.17) is 18.9 Å². The van der Waals surface area contributed by atoms with Gasteiger partial charge in [-0.2, -0.15) is 0 Å². The molecule has 0 spiro atoms. The van der Waals surface area contributed by atoms with Gasteiger partial charge in [-0.1, -0.05) is 51.1 Å². The first-order chi connectivity index (χ1) is 19.6. The number of ketones is 2. The molecule has 41 heavy (non-hydrogen) atoms. The Morgan fingerprint density at radius 2 is 1.49 bits per heavy atom. The van der Waals surface area contributed by atoms with E-state index in [0.29, 0.717) is 52.3 Å². The molecule has 6 heteroatoms. The summed E-state index contributed by atoms with van der Waals surface area (Å²) in [6.07, 6.45) is 1.88. The average molecular weight is 567 g/mol. The Bertz CT molecular complexity index is 1090. The van der Waals surface area contributed by atoms with Crippen LogP contribution in [0.5, 0.6) is 11.5 Å². The third-order valence-corrected chi connectivity index (χ3v) is 8.62. The average Bonchev–Trinajstić information content (AvgIpc) is 2.95. The van der Waals surface area contributed by atoms with E-state index in [1.54, 1.807) is 6.92 Å². The fraction of sp³-hybridized carbons (Fsp3) is 0.600. The van der Waals surface area contributed by atoms with E-state index in [2.05, 4.69) is 45.0 Å². The largest absolute Gasteiger partial charge is 0.493 e. The van der Waals surface area contributed by atoms with Gasteiger partial charge < -0.3 is 18.9 Å². The molecular weight excluding hydrogens is 516 g/mol. The zero-order valence-electron chi connectivity index (χ0n) is 26.2. The summed E-state index contributed by atoms with van der Waals surface area (Å²) in [5.74, 6) is 1.56. The van der Waals surface area contributed by atoms with Crippen LogP contribution in [0.25, 0.3) is 0 Å². The lowest BCUT2D eigenvalue weighted by Gasteiger charge is -2.36. The van der Waals surface area contributed by atoms with Crippen molar-refractivity contribution in [2.75, 3.05) is 33.0 Å². The lowest BCUT2D eigenvalue weighted by atomic mass is 9.69. The number of carbonyl (C=O) groups is 2. The van der Waals surface area contributed by atoms with Gasteiger partial charge in [0, 0.05) is 43.1 Å². The molecule has 2 aromatic rings. The van der Waals surface area contributed by atoms with Crippen molar-refractivity contribution in [3.63, 3.8) is 0 Å². The van der Waals surface area contributed by atoms with Gasteiger partial charge in [0.1, 0.15) is 23.1 Å². The minimum Gasteiger partial charge on any atom is -0.493 e. The summed E-state index contributed by atoms with van der Waals surface area (Å²) >= 11 is 0. The van der Waals surface area contributed by atoms with E-state index in [9.17, 15) is 9.59 Å². The Balaban J connectivity index is 1.94. The van der Waals surface area contributed by atoms with Crippen molar-refractivity contribution >= 4 is 11.6 Å². The van der Waals surface area contributed by atoms with Crippen LogP contribution in [-0.2, 0) is 19.1 Å². The summed E-state index contributed by atoms with van der Waals surface area (Å²) in [7, 11) is 0. The Hall–Kier alpha value is -2.70. The molecule has 1 unspecified atom stereocenters. The molecule has 1 saturated heterocycles. The van der Waals surface area contributed by atoms with Crippen LogP contribution in [0.2, 0.25) is 0 Å². The van der Waals surface area contributed by atoms with Crippen LogP contribution in [0.4, 0.5) is 0 Å². The van der Waals surface area contributed by atoms with Crippen LogP contribution in [0, 0.1) is 11.3 Å². The maximum atomic E-state index is 14.2. The van der Waals surface area contributed by atoms with Crippen LogP contribution < -0.4 is 9.47 Å². The fourth-order valence-electron chi connectivity index (χ4n) is 6.00. The van der Waals surface area contributed by atoms with Crippen molar-refractivity contribution in [1.29, 1.82) is 0 Å². The standard InChI is InChI=1S/C35H50O6/c1-8-39-32-21-29(22-33(40-9-2)34(32)24(3)4)25(5)30(15-18-41-26(6)28-13-11-10-12-14-28)31(37)23-35(27(7)36)16-19-38-20-17-35/h10-14,21-22,24-26,30H,8-9,15-20,23H2,1-7H3/t25-,26+,30?/m1/s1. The summed E-state index contributed by atoms with van der Waals surface area (Å²) in [6, 6.07) is 14.3. The molecular formula is C35H50O6. The van der Waals surface area contributed by atoms with Crippen molar-refractivity contribution in [2.45, 2.75) is 92.1 Å². The number of benzene rings is 2. The van der Waals surface area contributed by atoms with Crippen LogP contribution in [0.3, 0.4) is 0 Å². The SMILES string of the molecule is CCOc1cc([C@@H](C)C(CCO[C@@H](C)c2ccccc2)C(=O)CC2(C(C)=O)CCOCC2)cc(OCC)c1C(C)C. The van der Waals surface area contributed by atoms with Gasteiger partial charge in [-0.05, 0) is 82.1 Å². The summed E-state index contributed by atoms with van der Waals surface area (Å²) in [4.78, 5) is 27.0. The summed E-state index contributed by atoms with van der Waals surface area (Å²) < 4.78 is 24.0. The topological polar surface area (TPSA) is 71.1 Å². The number of Topliss-reactive ketones (excluding diaryl/α,β-unsaturated/α-hetero) is 2. The predicted octanol–water partition coefficient (Wildman–Crippen LogP) is 7.84. The molecule has 2 aromatic carbocycles. The summed E-state index contributed by atoms with van der Waals surface area (Å²) in [5, 5.41) is 0. The Morgan fingerprint density at radius 1 is 0.902 bits per heavy atom. The lowest BCUT2D eigenvalue weighted by Crippen LogP contribution is -2.40. The van der Waals surface area contributed by atoms with E-state index >= 15 is 0 Å². The number of rotatable bonds is 16. The molecule has 226 valence electrons. The number of carbonyl (C=O) groups excluding carboxylic acids is 2. The molecule has 3 atom stereocenters. The highest BCUT2D eigenvalue weighted by molar-refractivity contribution is 5.91. The smallest absolute Gasteiger partial charge is 0.137 e. The maximum Gasteiger partial charge on any atom is 0.137 e. The molecule has 1 aliphatic heterocycles. The van der Waals surface area contributed by atoms with E-state index < -0.39 is 5.41 Å². The van der Waals surface area contributed by atoms with Gasteiger partial charge in [0.15, 0.2) is 0 Å². The van der Waals surface area contributed by atoms with Gasteiger partial charge in [0.25, 0.3) is 0 Å². The van der Waals surface area contributed by atoms with E-state index in [1.165, 1.54) is 0 Å². The third kappa shape index (κ3) is 8.42. The van der Waals surface area contributed by atoms with Gasteiger partial charge >= 0.3 is 0 Å². The Kier molecular flexibility index (Phi) is 12.4. The predicted molar refractivity (Wildman–Crippen MR) is 163 cm³/mol. The van der Waals surface area contributed by atoms with Gasteiger partial charge in [-0.25, -0.2) is 0 Å². The van der Waals surface area contributed by atoms with E-state index in [1.807, 2.05) is 39.0 Å². The molecule has 3 rings (SSSR count). The first kappa shape index (κ1) is 32.8. The van der Waals surface area contributed by atoms with Gasteiger partial charge in [-0.15, -0.1) is 0 Å².